The number of hydrogen-bond donors (Lipinski definition) is 0. The van der Waals surface area contributed by atoms with Crippen molar-refractivity contribution in [2.24, 2.45) is 0 Å². The quantitative estimate of drug-likeness (QED) is 0.501. The van der Waals surface area contributed by atoms with Gasteiger partial charge in [0.1, 0.15) is 0 Å². The summed E-state index contributed by atoms with van der Waals surface area (Å²) in [5.74, 6) is 0. The van der Waals surface area contributed by atoms with E-state index in [4.69, 9.17) is 0 Å². The topological polar surface area (TPSA) is 0 Å². The molecule has 0 saturated carbocycles. The van der Waals surface area contributed by atoms with Crippen molar-refractivity contribution in [1.82, 2.24) is 0 Å². The molecule has 132 valence electrons. The van der Waals surface area contributed by atoms with E-state index < -0.39 is 0 Å². The van der Waals surface area contributed by atoms with Gasteiger partial charge in [0.2, 0.25) is 0 Å². The van der Waals surface area contributed by atoms with Crippen LogP contribution in [-0.4, -0.2) is 0 Å². The van der Waals surface area contributed by atoms with Gasteiger partial charge in [-0.25, -0.2) is 0 Å². The predicted molar refractivity (Wildman–Crippen MR) is 117 cm³/mol. The van der Waals surface area contributed by atoms with Gasteiger partial charge in [-0.15, -0.1) is 0 Å². The molecule has 0 fully saturated rings. The molecular weight excluding hydrogens is 300 g/mol. The van der Waals surface area contributed by atoms with Crippen LogP contribution in [0.5, 0.6) is 0 Å². The molecule has 0 bridgehead atoms. The van der Waals surface area contributed by atoms with Crippen molar-refractivity contribution in [2.45, 2.75) is 35.1 Å². The van der Waals surface area contributed by atoms with Crippen LogP contribution in [0.1, 0.15) is 43.5 Å². The molecule has 0 aliphatic carbocycles. The Morgan fingerprint density at radius 2 is 1.20 bits per heavy atom. The summed E-state index contributed by atoms with van der Waals surface area (Å²) in [4.78, 5) is 0. The highest BCUT2D eigenvalue weighted by Crippen LogP contribution is 2.17. The van der Waals surface area contributed by atoms with Crippen molar-refractivity contribution in [3.8, 4) is 0 Å². The normalized spacial score (nSPS) is 10.5. The molecule has 2 rings (SSSR count). The summed E-state index contributed by atoms with van der Waals surface area (Å²) in [6.07, 6.45) is 7.77. The number of rotatable bonds is 4. The van der Waals surface area contributed by atoms with Crippen molar-refractivity contribution in [1.29, 1.82) is 0 Å². The van der Waals surface area contributed by atoms with Crippen LogP contribution >= 0.6 is 0 Å². The molecular formula is C25H32. The largest absolute Gasteiger partial charge is 0.0991 e. The lowest BCUT2D eigenvalue weighted by Crippen LogP contribution is -1.81. The van der Waals surface area contributed by atoms with Crippen LogP contribution in [0, 0.1) is 13.8 Å². The van der Waals surface area contributed by atoms with Crippen LogP contribution in [0.3, 0.4) is 0 Å². The van der Waals surface area contributed by atoms with Crippen LogP contribution in [-0.2, 0) is 0 Å². The Morgan fingerprint density at radius 3 is 1.60 bits per heavy atom. The fourth-order valence-electron chi connectivity index (χ4n) is 2.03. The Kier molecular flexibility index (Phi) is 10.6. The third-order valence-corrected chi connectivity index (χ3v) is 3.64. The summed E-state index contributed by atoms with van der Waals surface area (Å²) in [6, 6.07) is 16.9. The Hall–Kier alpha value is -2.60. The fraction of sp³-hybridized carbons (Fsp3) is 0.200. The van der Waals surface area contributed by atoms with Crippen molar-refractivity contribution in [2.75, 3.05) is 0 Å². The Balaban J connectivity index is 0.000000540. The molecule has 0 aliphatic heterocycles. The average Bonchev–Trinajstić information content (AvgIpc) is 2.58. The van der Waals surface area contributed by atoms with E-state index in [1.165, 1.54) is 27.8 Å². The summed E-state index contributed by atoms with van der Waals surface area (Å²) in [5, 5.41) is 0. The molecule has 2 aromatic carbocycles. The summed E-state index contributed by atoms with van der Waals surface area (Å²) in [5.41, 5.74) is 7.43. The molecule has 0 aliphatic rings. The zero-order valence-corrected chi connectivity index (χ0v) is 15.3. The maximum absolute atomic E-state index is 3.92. The number of allylic oxidation sites excluding steroid dienone is 6. The van der Waals surface area contributed by atoms with E-state index in [-0.39, 0.29) is 7.43 Å². The third kappa shape index (κ3) is 8.72. The number of aryl methyl sites for hydroxylation is 2. The van der Waals surface area contributed by atoms with E-state index in [9.17, 15) is 0 Å². The van der Waals surface area contributed by atoms with Gasteiger partial charge in [-0.3, -0.25) is 0 Å². The molecule has 0 N–H and O–H groups in total. The molecule has 0 amide bonds. The van der Waals surface area contributed by atoms with E-state index in [2.05, 4.69) is 88.5 Å². The lowest BCUT2D eigenvalue weighted by atomic mass is 10.0. The highest BCUT2D eigenvalue weighted by molar-refractivity contribution is 5.68. The van der Waals surface area contributed by atoms with Crippen molar-refractivity contribution < 1.29 is 0 Å². The second-order valence-electron chi connectivity index (χ2n) is 5.98. The molecule has 0 heteroatoms. The van der Waals surface area contributed by atoms with E-state index in [1.807, 2.05) is 19.1 Å². The van der Waals surface area contributed by atoms with Gasteiger partial charge < -0.3 is 0 Å². The predicted octanol–water partition coefficient (Wildman–Crippen LogP) is 7.80. The standard InChI is InChI=1S/C16H18.C8H10.CH4/c1-5-6-7-8-14(4)16-11-9-15(10-12-16)13(2)3;1-7-3-5-8(2)6-4-7;/h5-12H,1-2H2,3-4H3;3-6H,1-2H3;1H4/b7-6-,14-8+;;. The first-order valence-corrected chi connectivity index (χ1v) is 8.19. The van der Waals surface area contributed by atoms with Gasteiger partial charge in [-0.2, -0.15) is 0 Å². The Bertz CT molecular complexity index is 687. The summed E-state index contributed by atoms with van der Waals surface area (Å²) >= 11 is 0. The minimum Gasteiger partial charge on any atom is -0.0991 e. The molecule has 0 aromatic heterocycles. The summed E-state index contributed by atoms with van der Waals surface area (Å²) in [6.45, 7) is 15.9. The zero-order valence-electron chi connectivity index (χ0n) is 15.3. The van der Waals surface area contributed by atoms with Gasteiger partial charge in [0.25, 0.3) is 0 Å². The van der Waals surface area contributed by atoms with Gasteiger partial charge in [-0.1, -0.05) is 110 Å². The van der Waals surface area contributed by atoms with Crippen molar-refractivity contribution in [3.05, 3.63) is 108 Å². The van der Waals surface area contributed by atoms with Gasteiger partial charge in [0, 0.05) is 0 Å². The molecule has 0 saturated heterocycles. The minimum atomic E-state index is 0. The second kappa shape index (κ2) is 11.9. The van der Waals surface area contributed by atoms with Crippen LogP contribution in [0.25, 0.3) is 11.1 Å². The highest BCUT2D eigenvalue weighted by Gasteiger charge is 1.96. The lowest BCUT2D eigenvalue weighted by molar-refractivity contribution is 1.40. The van der Waals surface area contributed by atoms with Crippen LogP contribution in [0.15, 0.2) is 86.0 Å². The molecule has 0 atom stereocenters. The zero-order chi connectivity index (χ0) is 17.9. The van der Waals surface area contributed by atoms with E-state index in [1.54, 1.807) is 6.08 Å². The first kappa shape index (κ1) is 22.4. The summed E-state index contributed by atoms with van der Waals surface area (Å²) in [7, 11) is 0. The molecule has 0 heterocycles. The lowest BCUT2D eigenvalue weighted by Gasteiger charge is -2.03. The monoisotopic (exact) mass is 332 g/mol. The Morgan fingerprint density at radius 1 is 0.760 bits per heavy atom. The van der Waals surface area contributed by atoms with Gasteiger partial charge in [0.15, 0.2) is 0 Å². The minimum absolute atomic E-state index is 0. The first-order valence-electron chi connectivity index (χ1n) is 8.19. The fourth-order valence-corrected chi connectivity index (χ4v) is 2.03. The molecule has 0 nitrogen and oxygen atoms in total. The molecule has 0 unspecified atom stereocenters. The Labute approximate surface area is 154 Å². The van der Waals surface area contributed by atoms with Gasteiger partial charge in [-0.05, 0) is 44.4 Å². The molecule has 0 radical (unpaired) electrons. The van der Waals surface area contributed by atoms with E-state index in [0.717, 1.165) is 5.57 Å². The highest BCUT2D eigenvalue weighted by atomic mass is 14.0. The van der Waals surface area contributed by atoms with Crippen molar-refractivity contribution in [3.63, 3.8) is 0 Å². The second-order valence-corrected chi connectivity index (χ2v) is 5.98. The first-order chi connectivity index (χ1) is 11.4. The van der Waals surface area contributed by atoms with Crippen LogP contribution in [0.4, 0.5) is 0 Å². The molecule has 2 aromatic rings. The van der Waals surface area contributed by atoms with Crippen LogP contribution < -0.4 is 0 Å². The van der Waals surface area contributed by atoms with Crippen LogP contribution in [0.2, 0.25) is 0 Å². The van der Waals surface area contributed by atoms with Gasteiger partial charge >= 0.3 is 0 Å². The smallest absolute Gasteiger partial charge is 0.0227 e. The van der Waals surface area contributed by atoms with Crippen molar-refractivity contribution >= 4 is 11.1 Å². The third-order valence-electron chi connectivity index (χ3n) is 3.64. The molecule has 25 heavy (non-hydrogen) atoms. The summed E-state index contributed by atoms with van der Waals surface area (Å²) < 4.78 is 0. The van der Waals surface area contributed by atoms with Gasteiger partial charge in [0.05, 0.1) is 0 Å². The maximum Gasteiger partial charge on any atom is -0.0227 e. The maximum atomic E-state index is 3.92. The van der Waals surface area contributed by atoms with E-state index >= 15 is 0 Å². The SMILES string of the molecule is C.C=C/C=C\C=C(/C)c1ccc(C(=C)C)cc1.Cc1ccc(C)cc1. The number of benzene rings is 2. The molecule has 0 spiro atoms. The average molecular weight is 333 g/mol. The van der Waals surface area contributed by atoms with E-state index in [0.29, 0.717) is 0 Å². The number of hydrogen-bond acceptors (Lipinski definition) is 0.